The molecule has 10 heteroatoms. The second-order valence-corrected chi connectivity index (χ2v) is 10.3. The smallest absolute Gasteiger partial charge is 0.348 e. The summed E-state index contributed by atoms with van der Waals surface area (Å²) >= 11 is 1.30. The topological polar surface area (TPSA) is 102 Å². The highest BCUT2D eigenvalue weighted by molar-refractivity contribution is 7.89. The van der Waals surface area contributed by atoms with Gasteiger partial charge in [-0.15, -0.1) is 11.3 Å². The molecule has 2 heterocycles. The lowest BCUT2D eigenvalue weighted by Crippen LogP contribution is -2.28. The monoisotopic (exact) mass is 474 g/mol. The van der Waals surface area contributed by atoms with Crippen LogP contribution in [0.3, 0.4) is 0 Å². The van der Waals surface area contributed by atoms with Gasteiger partial charge in [-0.25, -0.2) is 13.2 Å². The highest BCUT2D eigenvalue weighted by atomic mass is 32.2. The predicted molar refractivity (Wildman–Crippen MR) is 122 cm³/mol. The van der Waals surface area contributed by atoms with Crippen LogP contribution in [0.25, 0.3) is 10.1 Å². The molecular weight excluding hydrogens is 452 g/mol. The average Bonchev–Trinajstić information content (AvgIpc) is 3.48. The number of fused-ring (bicyclic) bond motifs is 1. The molecule has 0 spiro atoms. The number of sulfonamides is 1. The average molecular weight is 475 g/mol. The molecule has 8 nitrogen and oxygen atoms in total. The van der Waals surface area contributed by atoms with Gasteiger partial charge in [-0.1, -0.05) is 0 Å². The minimum absolute atomic E-state index is 0.0226. The largest absolute Gasteiger partial charge is 0.495 e. The molecule has 0 aliphatic carbocycles. The molecule has 3 aromatic rings. The van der Waals surface area contributed by atoms with Gasteiger partial charge < -0.3 is 14.8 Å². The first kappa shape index (κ1) is 22.3. The molecule has 1 N–H and O–H groups in total. The number of esters is 1. The molecule has 4 rings (SSSR count). The Morgan fingerprint density at radius 2 is 1.78 bits per heavy atom. The van der Waals surface area contributed by atoms with Crippen LogP contribution in [0, 0.1) is 0 Å². The van der Waals surface area contributed by atoms with Gasteiger partial charge in [0.2, 0.25) is 10.0 Å². The minimum Gasteiger partial charge on any atom is -0.495 e. The first-order valence-corrected chi connectivity index (χ1v) is 12.2. The molecule has 1 aliphatic heterocycles. The van der Waals surface area contributed by atoms with Crippen molar-refractivity contribution in [3.05, 3.63) is 52.9 Å². The molecule has 0 atom stereocenters. The lowest BCUT2D eigenvalue weighted by atomic mass is 10.2. The van der Waals surface area contributed by atoms with Gasteiger partial charge in [0, 0.05) is 29.0 Å². The van der Waals surface area contributed by atoms with Gasteiger partial charge in [-0.05, 0) is 60.7 Å². The molecule has 1 fully saturated rings. The van der Waals surface area contributed by atoms with E-state index in [0.29, 0.717) is 23.7 Å². The van der Waals surface area contributed by atoms with E-state index in [1.54, 1.807) is 24.3 Å². The number of methoxy groups -OCH3 is 2. The number of carbonyl (C=O) groups is 2. The third kappa shape index (κ3) is 4.21. The Kier molecular flexibility index (Phi) is 6.18. The summed E-state index contributed by atoms with van der Waals surface area (Å²) < 4.78 is 38.4. The summed E-state index contributed by atoms with van der Waals surface area (Å²) in [7, 11) is -1.04. The maximum Gasteiger partial charge on any atom is 0.348 e. The number of ether oxygens (including phenoxy) is 2. The Hall–Kier alpha value is -2.95. The second kappa shape index (κ2) is 8.89. The predicted octanol–water partition coefficient (Wildman–Crippen LogP) is 3.73. The zero-order chi connectivity index (χ0) is 22.9. The van der Waals surface area contributed by atoms with Crippen LogP contribution in [0.15, 0.2) is 47.4 Å². The van der Waals surface area contributed by atoms with Gasteiger partial charge in [0.05, 0.1) is 14.2 Å². The fraction of sp³-hybridized carbons (Fsp3) is 0.273. The molecule has 32 heavy (non-hydrogen) atoms. The van der Waals surface area contributed by atoms with Crippen LogP contribution in [-0.4, -0.2) is 51.9 Å². The third-order valence-corrected chi connectivity index (χ3v) is 8.29. The SMILES string of the molecule is COC(=O)c1cc2cc(NC(=O)c3ccc(OC)c(S(=O)(=O)N4CCCC4)c3)ccc2s1. The molecular formula is C22H22N2O6S2. The highest BCUT2D eigenvalue weighted by Gasteiger charge is 2.30. The Morgan fingerprint density at radius 3 is 2.47 bits per heavy atom. The van der Waals surface area contributed by atoms with Crippen LogP contribution in [0.2, 0.25) is 0 Å². The summed E-state index contributed by atoms with van der Waals surface area (Å²) in [6.45, 7) is 0.909. The first-order valence-electron chi connectivity index (χ1n) is 9.95. The van der Waals surface area contributed by atoms with E-state index in [1.165, 1.54) is 48.1 Å². The standard InChI is InChI=1S/C22H22N2O6S2/c1-29-17-7-5-14(13-20(17)32(27,28)24-9-3-4-10-24)21(25)23-16-6-8-18-15(11-16)12-19(31-18)22(26)30-2/h5-8,11-13H,3-4,9-10H2,1-2H3,(H,23,25). The third-order valence-electron chi connectivity index (χ3n) is 5.27. The van der Waals surface area contributed by atoms with E-state index in [-0.39, 0.29) is 16.2 Å². The number of thiophene rings is 1. The summed E-state index contributed by atoms with van der Waals surface area (Å²) in [5.74, 6) is -0.668. The van der Waals surface area contributed by atoms with Gasteiger partial charge in [0.1, 0.15) is 15.5 Å². The maximum absolute atomic E-state index is 13.1. The highest BCUT2D eigenvalue weighted by Crippen LogP contribution is 2.31. The summed E-state index contributed by atoms with van der Waals surface area (Å²) in [5.41, 5.74) is 0.723. The number of anilines is 1. The molecule has 0 radical (unpaired) electrons. The summed E-state index contributed by atoms with van der Waals surface area (Å²) in [4.78, 5) is 25.1. The van der Waals surface area contributed by atoms with Crippen LogP contribution in [0.5, 0.6) is 5.75 Å². The van der Waals surface area contributed by atoms with Gasteiger partial charge >= 0.3 is 5.97 Å². The summed E-state index contributed by atoms with van der Waals surface area (Å²) in [6, 6.07) is 11.3. The Bertz CT molecular complexity index is 1290. The van der Waals surface area contributed by atoms with E-state index in [1.807, 2.05) is 0 Å². The Labute approximate surface area is 189 Å². The van der Waals surface area contributed by atoms with Crippen LogP contribution in [-0.2, 0) is 14.8 Å². The molecule has 0 unspecified atom stereocenters. The summed E-state index contributed by atoms with van der Waals surface area (Å²) in [6.07, 6.45) is 1.62. The fourth-order valence-electron chi connectivity index (χ4n) is 3.61. The Balaban J connectivity index is 1.61. The van der Waals surface area contributed by atoms with Gasteiger partial charge in [0.15, 0.2) is 0 Å². The van der Waals surface area contributed by atoms with Crippen molar-refractivity contribution in [2.75, 3.05) is 32.6 Å². The van der Waals surface area contributed by atoms with E-state index in [9.17, 15) is 18.0 Å². The number of carbonyl (C=O) groups excluding carboxylic acids is 2. The lowest BCUT2D eigenvalue weighted by molar-refractivity contribution is 0.0606. The van der Waals surface area contributed by atoms with Crippen LogP contribution in [0.4, 0.5) is 5.69 Å². The number of benzene rings is 2. The van der Waals surface area contributed by atoms with E-state index in [2.05, 4.69) is 5.32 Å². The molecule has 2 aromatic carbocycles. The van der Waals surface area contributed by atoms with Crippen molar-refractivity contribution in [3.63, 3.8) is 0 Å². The van der Waals surface area contributed by atoms with Crippen molar-refractivity contribution >= 4 is 49.0 Å². The zero-order valence-corrected chi connectivity index (χ0v) is 19.2. The number of hydrogen-bond donors (Lipinski definition) is 1. The quantitative estimate of drug-likeness (QED) is 0.546. The fourth-order valence-corrected chi connectivity index (χ4v) is 6.27. The second-order valence-electron chi connectivity index (χ2n) is 7.29. The van der Waals surface area contributed by atoms with Crippen LogP contribution >= 0.6 is 11.3 Å². The molecule has 1 aliphatic rings. The van der Waals surface area contributed by atoms with Crippen molar-refractivity contribution in [1.29, 1.82) is 0 Å². The van der Waals surface area contributed by atoms with E-state index < -0.39 is 21.9 Å². The van der Waals surface area contributed by atoms with Crippen molar-refractivity contribution in [1.82, 2.24) is 4.31 Å². The first-order chi connectivity index (χ1) is 15.3. The van der Waals surface area contributed by atoms with Gasteiger partial charge in [-0.2, -0.15) is 4.31 Å². The summed E-state index contributed by atoms with van der Waals surface area (Å²) in [5, 5.41) is 3.58. The lowest BCUT2D eigenvalue weighted by Gasteiger charge is -2.18. The molecule has 0 saturated carbocycles. The van der Waals surface area contributed by atoms with E-state index in [4.69, 9.17) is 9.47 Å². The number of hydrogen-bond acceptors (Lipinski definition) is 7. The molecule has 1 amide bonds. The zero-order valence-electron chi connectivity index (χ0n) is 17.6. The van der Waals surface area contributed by atoms with Crippen LogP contribution in [0.1, 0.15) is 32.9 Å². The van der Waals surface area contributed by atoms with Gasteiger partial charge in [0.25, 0.3) is 5.91 Å². The molecule has 1 aromatic heterocycles. The Morgan fingerprint density at radius 1 is 1.03 bits per heavy atom. The van der Waals surface area contributed by atoms with Crippen molar-refractivity contribution in [3.8, 4) is 5.75 Å². The minimum atomic E-state index is -3.76. The van der Waals surface area contributed by atoms with E-state index >= 15 is 0 Å². The van der Waals surface area contributed by atoms with Crippen molar-refractivity contribution in [2.24, 2.45) is 0 Å². The maximum atomic E-state index is 13.1. The number of amides is 1. The van der Waals surface area contributed by atoms with Gasteiger partial charge in [-0.3, -0.25) is 4.79 Å². The van der Waals surface area contributed by atoms with Crippen molar-refractivity contribution in [2.45, 2.75) is 17.7 Å². The van der Waals surface area contributed by atoms with Crippen LogP contribution < -0.4 is 10.1 Å². The number of nitrogens with zero attached hydrogens (tertiary/aromatic N) is 1. The number of rotatable bonds is 6. The van der Waals surface area contributed by atoms with Crippen molar-refractivity contribution < 1.29 is 27.5 Å². The molecule has 1 saturated heterocycles. The molecule has 168 valence electrons. The van der Waals surface area contributed by atoms with E-state index in [0.717, 1.165) is 22.9 Å². The molecule has 0 bridgehead atoms. The normalized spacial score (nSPS) is 14.4. The number of nitrogens with one attached hydrogen (secondary N) is 1.